The normalized spacial score (nSPS) is 9.17. The Morgan fingerprint density at radius 3 is 1.67 bits per heavy atom. The molecule has 2 nitrogen and oxygen atoms in total. The third kappa shape index (κ3) is 1.63. The summed E-state index contributed by atoms with van der Waals surface area (Å²) in [4.78, 5) is 8.84. The van der Waals surface area contributed by atoms with E-state index in [2.05, 4.69) is 0 Å². The Morgan fingerprint density at radius 1 is 1.50 bits per heavy atom. The molecule has 0 unspecified atom stereocenters. The van der Waals surface area contributed by atoms with Gasteiger partial charge in [-0.25, -0.2) is 9.90 Å². The molecule has 4 heteroatoms. The minimum Gasteiger partial charge on any atom is -0.241 e. The zero-order valence-electron chi connectivity index (χ0n) is 2.65. The van der Waals surface area contributed by atoms with Crippen LogP contribution in [0.2, 0.25) is 0 Å². The number of halogens is 2. The SMILES string of the molecule is [O]C(=O)C(F)F. The van der Waals surface area contributed by atoms with Crippen LogP contribution in [0.5, 0.6) is 0 Å². The minimum atomic E-state index is -3.34. The van der Waals surface area contributed by atoms with E-state index < -0.39 is 12.4 Å². The maximum Gasteiger partial charge on any atom is 0.421 e. The highest BCUT2D eigenvalue weighted by atomic mass is 19.3. The fraction of sp³-hybridized carbons (Fsp3) is 0.500. The summed E-state index contributed by atoms with van der Waals surface area (Å²) in [7, 11) is 0. The third-order valence-corrected chi connectivity index (χ3v) is 0.178. The predicted molar refractivity (Wildman–Crippen MR) is 11.7 cm³/mol. The van der Waals surface area contributed by atoms with Crippen LogP contribution in [0.4, 0.5) is 8.78 Å². The van der Waals surface area contributed by atoms with Crippen molar-refractivity contribution in [2.45, 2.75) is 6.43 Å². The van der Waals surface area contributed by atoms with Crippen LogP contribution in [-0.2, 0) is 9.90 Å². The second kappa shape index (κ2) is 1.69. The van der Waals surface area contributed by atoms with Gasteiger partial charge in [0.15, 0.2) is 0 Å². The second-order valence-electron chi connectivity index (χ2n) is 0.620. The number of carbonyl (C=O) groups is 1. The molecule has 0 rings (SSSR count). The van der Waals surface area contributed by atoms with Crippen molar-refractivity contribution in [3.63, 3.8) is 0 Å². The first kappa shape index (κ1) is 5.33. The van der Waals surface area contributed by atoms with Crippen LogP contribution in [0.15, 0.2) is 0 Å². The first-order valence-corrected chi connectivity index (χ1v) is 1.13. The Bertz CT molecular complexity index is 60.6. The van der Waals surface area contributed by atoms with E-state index in [1.54, 1.807) is 0 Å². The molecule has 0 atom stereocenters. The molecule has 0 aliphatic carbocycles. The fourth-order valence-corrected chi connectivity index (χ4v) is 0. The first-order chi connectivity index (χ1) is 2.64. The molecule has 35 valence electrons. The van der Waals surface area contributed by atoms with E-state index in [4.69, 9.17) is 9.90 Å². The maximum atomic E-state index is 10.5. The van der Waals surface area contributed by atoms with Crippen LogP contribution in [0.25, 0.3) is 0 Å². The van der Waals surface area contributed by atoms with Crippen LogP contribution < -0.4 is 0 Å². The highest BCUT2D eigenvalue weighted by Crippen LogP contribution is 1.88. The minimum absolute atomic E-state index is 2.32. The zero-order chi connectivity index (χ0) is 5.15. The Kier molecular flexibility index (Phi) is 1.50. The number of rotatable bonds is 1. The lowest BCUT2D eigenvalue weighted by molar-refractivity contribution is -0.155. The van der Waals surface area contributed by atoms with Crippen molar-refractivity contribution in [2.75, 3.05) is 0 Å². The van der Waals surface area contributed by atoms with Gasteiger partial charge in [-0.1, -0.05) is 0 Å². The second-order valence-corrected chi connectivity index (χ2v) is 0.620. The summed E-state index contributed by atoms with van der Waals surface area (Å²) in [6.07, 6.45) is -3.34. The molecular formula is C2HF2O2. The van der Waals surface area contributed by atoms with E-state index >= 15 is 0 Å². The summed E-state index contributed by atoms with van der Waals surface area (Å²) in [5, 5.41) is 8.84. The summed E-state index contributed by atoms with van der Waals surface area (Å²) in [5.74, 6) is -2.32. The zero-order valence-corrected chi connectivity index (χ0v) is 2.65. The van der Waals surface area contributed by atoms with Crippen LogP contribution in [0.3, 0.4) is 0 Å². The molecule has 0 N–H and O–H groups in total. The maximum absolute atomic E-state index is 10.5. The number of hydrogen-bond acceptors (Lipinski definition) is 1. The molecular weight excluding hydrogens is 94.0 g/mol. The Balaban J connectivity index is 3.26. The largest absolute Gasteiger partial charge is 0.421 e. The van der Waals surface area contributed by atoms with Crippen molar-refractivity contribution >= 4 is 5.97 Å². The van der Waals surface area contributed by atoms with Crippen LogP contribution >= 0.6 is 0 Å². The van der Waals surface area contributed by atoms with E-state index in [1.165, 1.54) is 0 Å². The molecule has 0 heterocycles. The van der Waals surface area contributed by atoms with E-state index in [-0.39, 0.29) is 0 Å². The highest BCUT2D eigenvalue weighted by molar-refractivity contribution is 5.69. The monoisotopic (exact) mass is 95.0 g/mol. The van der Waals surface area contributed by atoms with Gasteiger partial charge in [-0.3, -0.25) is 0 Å². The molecule has 0 bridgehead atoms. The smallest absolute Gasteiger partial charge is 0.241 e. The molecule has 0 aliphatic heterocycles. The molecule has 1 radical (unpaired) electrons. The topological polar surface area (TPSA) is 37.0 Å². The van der Waals surface area contributed by atoms with Crippen molar-refractivity contribution in [3.8, 4) is 0 Å². The molecule has 0 aromatic heterocycles. The lowest BCUT2D eigenvalue weighted by Gasteiger charge is -1.77. The van der Waals surface area contributed by atoms with Crippen molar-refractivity contribution in [1.82, 2.24) is 0 Å². The van der Waals surface area contributed by atoms with Crippen molar-refractivity contribution in [2.24, 2.45) is 0 Å². The van der Waals surface area contributed by atoms with Crippen molar-refractivity contribution in [3.05, 3.63) is 0 Å². The summed E-state index contributed by atoms with van der Waals surface area (Å²) in [5.41, 5.74) is 0. The lowest BCUT2D eigenvalue weighted by Crippen LogP contribution is -2.04. The molecule has 6 heavy (non-hydrogen) atoms. The number of carbonyl (C=O) groups excluding carboxylic acids is 1. The van der Waals surface area contributed by atoms with Crippen LogP contribution in [-0.4, -0.2) is 12.4 Å². The molecule has 0 saturated heterocycles. The van der Waals surface area contributed by atoms with Gasteiger partial charge in [0.25, 0.3) is 0 Å². The van der Waals surface area contributed by atoms with E-state index in [0.29, 0.717) is 0 Å². The van der Waals surface area contributed by atoms with E-state index in [9.17, 15) is 8.78 Å². The van der Waals surface area contributed by atoms with Crippen molar-refractivity contribution < 1.29 is 18.7 Å². The molecule has 0 spiro atoms. The summed E-state index contributed by atoms with van der Waals surface area (Å²) < 4.78 is 21.0. The van der Waals surface area contributed by atoms with E-state index in [0.717, 1.165) is 0 Å². The fourth-order valence-electron chi connectivity index (χ4n) is 0. The lowest BCUT2D eigenvalue weighted by atomic mass is 10.7. The molecule has 0 amide bonds. The number of hydrogen-bond donors (Lipinski definition) is 0. The molecule has 0 aromatic carbocycles. The highest BCUT2D eigenvalue weighted by Gasteiger charge is 2.13. The number of alkyl halides is 2. The van der Waals surface area contributed by atoms with Crippen LogP contribution in [0, 0.1) is 0 Å². The Morgan fingerprint density at radius 2 is 1.67 bits per heavy atom. The van der Waals surface area contributed by atoms with Crippen molar-refractivity contribution in [1.29, 1.82) is 0 Å². The van der Waals surface area contributed by atoms with Gasteiger partial charge in [0.2, 0.25) is 0 Å². The Labute approximate surface area is 32.4 Å². The van der Waals surface area contributed by atoms with Gasteiger partial charge in [0.05, 0.1) is 0 Å². The van der Waals surface area contributed by atoms with Gasteiger partial charge in [0.1, 0.15) is 0 Å². The van der Waals surface area contributed by atoms with E-state index in [1.807, 2.05) is 0 Å². The van der Waals surface area contributed by atoms with Gasteiger partial charge >= 0.3 is 12.4 Å². The summed E-state index contributed by atoms with van der Waals surface area (Å²) in [6.45, 7) is 0. The van der Waals surface area contributed by atoms with Gasteiger partial charge in [-0.15, -0.1) is 0 Å². The molecule has 0 fully saturated rings. The predicted octanol–water partition coefficient (Wildman–Crippen LogP) is 0.209. The molecule has 0 aromatic rings. The summed E-state index contributed by atoms with van der Waals surface area (Å²) >= 11 is 0. The standard InChI is InChI=1S/C2HF2O2/c3-1(4)2(5)6/h1H. The van der Waals surface area contributed by atoms with Crippen LogP contribution in [0.1, 0.15) is 0 Å². The third-order valence-electron chi connectivity index (χ3n) is 0.178. The molecule has 0 saturated carbocycles. The average Bonchev–Trinajstić information content (AvgIpc) is 1.36. The van der Waals surface area contributed by atoms with Gasteiger partial charge in [0, 0.05) is 0 Å². The Hall–Kier alpha value is -0.670. The molecule has 0 aliphatic rings. The summed E-state index contributed by atoms with van der Waals surface area (Å²) in [6, 6.07) is 0. The van der Waals surface area contributed by atoms with Gasteiger partial charge in [-0.05, 0) is 0 Å². The quantitative estimate of drug-likeness (QED) is 0.458. The first-order valence-electron chi connectivity index (χ1n) is 1.13. The average molecular weight is 95.0 g/mol. The van der Waals surface area contributed by atoms with Gasteiger partial charge in [-0.2, -0.15) is 8.78 Å². The van der Waals surface area contributed by atoms with Gasteiger partial charge < -0.3 is 0 Å².